The van der Waals surface area contributed by atoms with E-state index in [0.29, 0.717) is 9.71 Å². The van der Waals surface area contributed by atoms with Crippen molar-refractivity contribution in [3.8, 4) is 0 Å². The Hall–Kier alpha value is -2.61. The number of carbonyl (C=O) groups is 1. The molecular weight excluding hydrogens is 327 g/mol. The second kappa shape index (κ2) is 5.54. The third-order valence-corrected chi connectivity index (χ3v) is 4.23. The molecule has 0 bridgehead atoms. The molecule has 0 radical (unpaired) electrons. The number of amides is 1. The van der Waals surface area contributed by atoms with E-state index in [-0.39, 0.29) is 5.69 Å². The molecule has 1 amide bonds. The van der Waals surface area contributed by atoms with Crippen molar-refractivity contribution in [1.29, 1.82) is 0 Å². The van der Waals surface area contributed by atoms with Crippen LogP contribution in [0.15, 0.2) is 42.6 Å². The Morgan fingerprint density at radius 2 is 2.00 bits per heavy atom. The van der Waals surface area contributed by atoms with Crippen molar-refractivity contribution in [2.45, 2.75) is 6.18 Å². The zero-order valence-electron chi connectivity index (χ0n) is 11.5. The summed E-state index contributed by atoms with van der Waals surface area (Å²) in [5, 5.41) is 3.21. The van der Waals surface area contributed by atoms with Crippen LogP contribution >= 0.6 is 11.3 Å². The van der Waals surface area contributed by atoms with Gasteiger partial charge in [-0.2, -0.15) is 13.2 Å². The van der Waals surface area contributed by atoms with E-state index in [4.69, 9.17) is 5.73 Å². The van der Waals surface area contributed by atoms with Crippen molar-refractivity contribution in [3.05, 3.63) is 53.0 Å². The lowest BCUT2D eigenvalue weighted by atomic mass is 10.1. The first-order valence-corrected chi connectivity index (χ1v) is 7.29. The summed E-state index contributed by atoms with van der Waals surface area (Å²) in [5.74, 6) is -0.529. The number of hydrogen-bond acceptors (Lipinski definition) is 4. The standard InChI is InChI=1S/C15H10F3N3OS/c16-15(17,18)9-4-1-5-10(12(9)19)21-13(22)11-7-8-3-2-6-20-14(8)23-11/h1-7H,19H2,(H,21,22). The van der Waals surface area contributed by atoms with Gasteiger partial charge in [0.25, 0.3) is 5.91 Å². The van der Waals surface area contributed by atoms with E-state index in [1.54, 1.807) is 24.4 Å². The molecule has 0 aliphatic rings. The topological polar surface area (TPSA) is 68.0 Å². The van der Waals surface area contributed by atoms with Gasteiger partial charge in [-0.05, 0) is 24.3 Å². The highest BCUT2D eigenvalue weighted by Crippen LogP contribution is 2.37. The van der Waals surface area contributed by atoms with Crippen molar-refractivity contribution in [3.63, 3.8) is 0 Å². The molecule has 0 aliphatic carbocycles. The Kier molecular flexibility index (Phi) is 3.69. The van der Waals surface area contributed by atoms with E-state index in [1.807, 2.05) is 0 Å². The lowest BCUT2D eigenvalue weighted by molar-refractivity contribution is -0.136. The minimum atomic E-state index is -4.58. The number of benzene rings is 1. The van der Waals surface area contributed by atoms with Gasteiger partial charge in [0.1, 0.15) is 4.83 Å². The van der Waals surface area contributed by atoms with Gasteiger partial charge in [-0.25, -0.2) is 4.98 Å². The summed E-state index contributed by atoms with van der Waals surface area (Å²) in [6.45, 7) is 0. The summed E-state index contributed by atoms with van der Waals surface area (Å²) in [6, 6.07) is 8.56. The smallest absolute Gasteiger partial charge is 0.397 e. The maximum atomic E-state index is 12.8. The molecule has 2 heterocycles. The van der Waals surface area contributed by atoms with Crippen LogP contribution in [0.4, 0.5) is 24.5 Å². The van der Waals surface area contributed by atoms with E-state index >= 15 is 0 Å². The van der Waals surface area contributed by atoms with Crippen LogP contribution in [0, 0.1) is 0 Å². The Morgan fingerprint density at radius 3 is 2.70 bits per heavy atom. The molecule has 0 saturated heterocycles. The second-order valence-corrected chi connectivity index (χ2v) is 5.76. The highest BCUT2D eigenvalue weighted by Gasteiger charge is 2.33. The number of rotatable bonds is 2. The van der Waals surface area contributed by atoms with Crippen LogP contribution < -0.4 is 11.1 Å². The van der Waals surface area contributed by atoms with E-state index in [9.17, 15) is 18.0 Å². The summed E-state index contributed by atoms with van der Waals surface area (Å²) < 4.78 is 38.5. The molecule has 0 fully saturated rings. The third kappa shape index (κ3) is 2.98. The molecule has 0 aliphatic heterocycles. The van der Waals surface area contributed by atoms with Crippen molar-refractivity contribution < 1.29 is 18.0 Å². The highest BCUT2D eigenvalue weighted by atomic mass is 32.1. The molecule has 118 valence electrons. The fraction of sp³-hybridized carbons (Fsp3) is 0.0667. The van der Waals surface area contributed by atoms with Gasteiger partial charge in [0.05, 0.1) is 21.8 Å². The minimum absolute atomic E-state index is 0.0739. The first kappa shape index (κ1) is 15.3. The number of anilines is 2. The van der Waals surface area contributed by atoms with Gasteiger partial charge in [0.2, 0.25) is 0 Å². The highest BCUT2D eigenvalue weighted by molar-refractivity contribution is 7.20. The number of alkyl halides is 3. The van der Waals surface area contributed by atoms with Crippen LogP contribution in [0.5, 0.6) is 0 Å². The predicted octanol–water partition coefficient (Wildman–Crippen LogP) is 4.15. The lowest BCUT2D eigenvalue weighted by Gasteiger charge is -2.13. The maximum Gasteiger partial charge on any atom is 0.418 e. The summed E-state index contributed by atoms with van der Waals surface area (Å²) in [5.41, 5.74) is 3.97. The Morgan fingerprint density at radius 1 is 1.22 bits per heavy atom. The summed E-state index contributed by atoms with van der Waals surface area (Å²) in [6.07, 6.45) is -2.97. The molecule has 2 aromatic heterocycles. The fourth-order valence-electron chi connectivity index (χ4n) is 2.09. The van der Waals surface area contributed by atoms with E-state index in [2.05, 4.69) is 10.3 Å². The molecule has 23 heavy (non-hydrogen) atoms. The van der Waals surface area contributed by atoms with Gasteiger partial charge in [-0.15, -0.1) is 11.3 Å². The number of nitrogen functional groups attached to an aromatic ring is 1. The van der Waals surface area contributed by atoms with Crippen molar-refractivity contribution in [2.75, 3.05) is 11.1 Å². The summed E-state index contributed by atoms with van der Waals surface area (Å²) in [7, 11) is 0. The molecule has 3 N–H and O–H groups in total. The van der Waals surface area contributed by atoms with Crippen molar-refractivity contribution in [2.24, 2.45) is 0 Å². The van der Waals surface area contributed by atoms with Crippen LogP contribution in [0.3, 0.4) is 0 Å². The zero-order chi connectivity index (χ0) is 16.6. The van der Waals surface area contributed by atoms with Crippen molar-refractivity contribution in [1.82, 2.24) is 4.98 Å². The van der Waals surface area contributed by atoms with Crippen LogP contribution in [0.1, 0.15) is 15.2 Å². The quantitative estimate of drug-likeness (QED) is 0.690. The van der Waals surface area contributed by atoms with Gasteiger partial charge in [0, 0.05) is 11.6 Å². The van der Waals surface area contributed by atoms with Crippen LogP contribution in [-0.2, 0) is 6.18 Å². The normalized spacial score (nSPS) is 11.6. The maximum absolute atomic E-state index is 12.8. The third-order valence-electron chi connectivity index (χ3n) is 3.18. The molecule has 1 aromatic carbocycles. The molecule has 0 saturated carbocycles. The van der Waals surface area contributed by atoms with Crippen LogP contribution in [-0.4, -0.2) is 10.9 Å². The second-order valence-electron chi connectivity index (χ2n) is 4.73. The molecule has 0 spiro atoms. The van der Waals surface area contributed by atoms with Gasteiger partial charge in [-0.3, -0.25) is 4.79 Å². The number of hydrogen-bond donors (Lipinski definition) is 2. The number of nitrogens with two attached hydrogens (primary N) is 1. The zero-order valence-corrected chi connectivity index (χ0v) is 12.3. The molecular formula is C15H10F3N3OS. The minimum Gasteiger partial charge on any atom is -0.397 e. The number of halogens is 3. The average molecular weight is 337 g/mol. The van der Waals surface area contributed by atoms with Crippen molar-refractivity contribution >= 4 is 38.8 Å². The number of fused-ring (bicyclic) bond motifs is 1. The molecule has 0 unspecified atom stereocenters. The monoisotopic (exact) mass is 337 g/mol. The predicted molar refractivity (Wildman–Crippen MR) is 83.4 cm³/mol. The SMILES string of the molecule is Nc1c(NC(=O)c2cc3cccnc3s2)cccc1C(F)(F)F. The number of para-hydroxylation sites is 1. The molecule has 4 nitrogen and oxygen atoms in total. The summed E-state index contributed by atoms with van der Waals surface area (Å²) >= 11 is 1.15. The number of pyridine rings is 1. The number of nitrogens with one attached hydrogen (secondary N) is 1. The Labute approximate surface area is 132 Å². The van der Waals surface area contributed by atoms with Gasteiger partial charge >= 0.3 is 6.18 Å². The lowest BCUT2D eigenvalue weighted by Crippen LogP contribution is -2.15. The van der Waals surface area contributed by atoms with Gasteiger partial charge < -0.3 is 11.1 Å². The number of carbonyl (C=O) groups excluding carboxylic acids is 1. The number of nitrogens with zero attached hydrogens (tertiary/aromatic N) is 1. The van der Waals surface area contributed by atoms with E-state index in [1.165, 1.54) is 12.1 Å². The van der Waals surface area contributed by atoms with E-state index in [0.717, 1.165) is 22.8 Å². The fourth-order valence-corrected chi connectivity index (χ4v) is 2.99. The van der Waals surface area contributed by atoms with Gasteiger partial charge in [-0.1, -0.05) is 12.1 Å². The average Bonchev–Trinajstić information content (AvgIpc) is 2.92. The first-order chi connectivity index (χ1) is 10.9. The molecule has 0 atom stereocenters. The van der Waals surface area contributed by atoms with Gasteiger partial charge in [0.15, 0.2) is 0 Å². The molecule has 8 heteroatoms. The largest absolute Gasteiger partial charge is 0.418 e. The Bertz CT molecular complexity index is 856. The molecule has 3 aromatic rings. The number of thiophene rings is 1. The number of aromatic nitrogens is 1. The van der Waals surface area contributed by atoms with Crippen LogP contribution in [0.25, 0.3) is 10.2 Å². The molecule has 3 rings (SSSR count). The van der Waals surface area contributed by atoms with Crippen LogP contribution in [0.2, 0.25) is 0 Å². The Balaban J connectivity index is 1.91. The summed E-state index contributed by atoms with van der Waals surface area (Å²) in [4.78, 5) is 17.4. The van der Waals surface area contributed by atoms with E-state index < -0.39 is 23.3 Å². The first-order valence-electron chi connectivity index (χ1n) is 6.48.